The second-order valence-corrected chi connectivity index (χ2v) is 9.30. The van der Waals surface area contributed by atoms with Crippen molar-refractivity contribution in [1.29, 1.82) is 0 Å². The van der Waals surface area contributed by atoms with Crippen molar-refractivity contribution in [2.24, 2.45) is 0 Å². The van der Waals surface area contributed by atoms with Gasteiger partial charge in [-0.1, -0.05) is 42.6 Å². The molecule has 1 saturated carbocycles. The van der Waals surface area contributed by atoms with Crippen molar-refractivity contribution >= 4 is 40.6 Å². The third-order valence-corrected chi connectivity index (χ3v) is 6.51. The molecule has 178 valence electrons. The summed E-state index contributed by atoms with van der Waals surface area (Å²) in [5, 5.41) is 11.5. The largest absolute Gasteiger partial charge is 0.483 e. The van der Waals surface area contributed by atoms with Crippen LogP contribution in [-0.2, 0) is 6.61 Å². The van der Waals surface area contributed by atoms with Gasteiger partial charge in [-0.2, -0.15) is 0 Å². The number of hydrogen-bond acceptors (Lipinski definition) is 5. The van der Waals surface area contributed by atoms with Gasteiger partial charge in [-0.05, 0) is 43.2 Å². The number of benzene rings is 2. The average Bonchev–Trinajstić information content (AvgIpc) is 3.29. The maximum Gasteiger partial charge on any atom is 0.319 e. The van der Waals surface area contributed by atoms with Crippen LogP contribution < -0.4 is 20.7 Å². The number of aromatic nitrogens is 1. The van der Waals surface area contributed by atoms with Crippen LogP contribution in [0.25, 0.3) is 0 Å². The lowest BCUT2D eigenvalue weighted by molar-refractivity contribution is 0.0911. The highest BCUT2D eigenvalue weighted by atomic mass is 35.5. The zero-order valence-corrected chi connectivity index (χ0v) is 19.8. The molecule has 1 heterocycles. The molecule has 1 fully saturated rings. The first-order valence-corrected chi connectivity index (χ1v) is 12.2. The summed E-state index contributed by atoms with van der Waals surface area (Å²) in [4.78, 5) is 29.6. The molecule has 10 heteroatoms. The van der Waals surface area contributed by atoms with E-state index in [-0.39, 0.29) is 42.1 Å². The molecule has 2 aromatic carbocycles. The minimum Gasteiger partial charge on any atom is -0.483 e. The molecular formula is C24H24ClFN4O3S. The van der Waals surface area contributed by atoms with Crippen molar-refractivity contribution in [2.75, 3.05) is 5.32 Å². The van der Waals surface area contributed by atoms with E-state index in [2.05, 4.69) is 20.9 Å². The van der Waals surface area contributed by atoms with Crippen molar-refractivity contribution in [1.82, 2.24) is 15.6 Å². The molecule has 0 radical (unpaired) electrons. The van der Waals surface area contributed by atoms with Gasteiger partial charge in [0.2, 0.25) is 0 Å². The van der Waals surface area contributed by atoms with Gasteiger partial charge >= 0.3 is 6.03 Å². The summed E-state index contributed by atoms with van der Waals surface area (Å²) in [7, 11) is 0. The van der Waals surface area contributed by atoms with Crippen LogP contribution in [0.3, 0.4) is 0 Å². The van der Waals surface area contributed by atoms with E-state index in [1.54, 1.807) is 41.8 Å². The second-order valence-electron chi connectivity index (χ2n) is 7.93. The van der Waals surface area contributed by atoms with E-state index in [0.717, 1.165) is 25.7 Å². The van der Waals surface area contributed by atoms with Crippen molar-refractivity contribution in [3.63, 3.8) is 0 Å². The van der Waals surface area contributed by atoms with Crippen molar-refractivity contribution in [2.45, 2.75) is 44.4 Å². The number of urea groups is 1. The van der Waals surface area contributed by atoms with E-state index in [0.29, 0.717) is 15.7 Å². The Morgan fingerprint density at radius 3 is 2.62 bits per heavy atom. The maximum atomic E-state index is 13.7. The molecule has 0 saturated heterocycles. The maximum absolute atomic E-state index is 13.7. The van der Waals surface area contributed by atoms with Crippen LogP contribution in [0.4, 0.5) is 14.9 Å². The van der Waals surface area contributed by atoms with Crippen molar-refractivity contribution in [3.8, 4) is 5.75 Å². The van der Waals surface area contributed by atoms with Crippen molar-refractivity contribution < 1.29 is 18.7 Å². The van der Waals surface area contributed by atoms with Crippen LogP contribution in [0.5, 0.6) is 5.75 Å². The SMILES string of the molecule is O=C(Nc1cccc(Cl)c1)N[C@@H]1CCCC[C@@H]1NC(=O)c1csc(COc2ccccc2F)n1. The number of para-hydroxylation sites is 1. The molecule has 34 heavy (non-hydrogen) atoms. The molecule has 2 atom stereocenters. The van der Waals surface area contributed by atoms with Gasteiger partial charge in [0.1, 0.15) is 17.3 Å². The van der Waals surface area contributed by atoms with Gasteiger partial charge in [-0.25, -0.2) is 14.2 Å². The molecular weight excluding hydrogens is 479 g/mol. The Kier molecular flexibility index (Phi) is 7.97. The third kappa shape index (κ3) is 6.45. The summed E-state index contributed by atoms with van der Waals surface area (Å²) in [6.07, 6.45) is 3.43. The molecule has 4 rings (SSSR count). The molecule has 1 aliphatic carbocycles. The fourth-order valence-electron chi connectivity index (χ4n) is 3.80. The molecule has 0 spiro atoms. The van der Waals surface area contributed by atoms with Gasteiger partial charge < -0.3 is 20.7 Å². The molecule has 3 N–H and O–H groups in total. The normalized spacial score (nSPS) is 17.6. The molecule has 0 aliphatic heterocycles. The van der Waals surface area contributed by atoms with E-state index in [1.165, 1.54) is 23.5 Å². The first-order chi connectivity index (χ1) is 16.5. The summed E-state index contributed by atoms with van der Waals surface area (Å²) in [6.45, 7) is 0.0656. The van der Waals surface area contributed by atoms with Crippen molar-refractivity contribution in [3.05, 3.63) is 75.5 Å². The highest BCUT2D eigenvalue weighted by Gasteiger charge is 2.28. The number of thiazole rings is 1. The number of carbonyl (C=O) groups excluding carboxylic acids is 2. The number of rotatable bonds is 7. The Bertz CT molecular complexity index is 1160. The number of hydrogen-bond donors (Lipinski definition) is 3. The Balaban J connectivity index is 1.32. The number of halogens is 2. The Hall–Kier alpha value is -3.17. The van der Waals surface area contributed by atoms with E-state index in [1.807, 2.05) is 0 Å². The minimum atomic E-state index is -0.452. The lowest BCUT2D eigenvalue weighted by atomic mass is 9.90. The summed E-state index contributed by atoms with van der Waals surface area (Å²) in [5.74, 6) is -0.634. The molecule has 1 aromatic heterocycles. The van der Waals surface area contributed by atoms with Crippen LogP contribution in [0, 0.1) is 5.82 Å². The molecule has 1 aliphatic rings. The Labute approximate surface area is 205 Å². The zero-order chi connectivity index (χ0) is 23.9. The Morgan fingerprint density at radius 1 is 1.09 bits per heavy atom. The van der Waals surface area contributed by atoms with E-state index < -0.39 is 5.82 Å². The molecule has 0 bridgehead atoms. The van der Waals surface area contributed by atoms with Gasteiger partial charge in [0.05, 0.1) is 6.04 Å². The van der Waals surface area contributed by atoms with Crippen LogP contribution in [0.2, 0.25) is 5.02 Å². The summed E-state index contributed by atoms with van der Waals surface area (Å²) in [6, 6.07) is 12.2. The van der Waals surface area contributed by atoms with Gasteiger partial charge in [0.15, 0.2) is 11.6 Å². The van der Waals surface area contributed by atoms with Gasteiger partial charge in [-0.3, -0.25) is 4.79 Å². The fraction of sp³-hybridized carbons (Fsp3) is 0.292. The standard InChI is InChI=1S/C24H24ClFN4O3S/c25-15-6-5-7-16(12-15)27-24(32)30-19-10-3-2-9-18(19)29-23(31)20-14-34-22(28-20)13-33-21-11-4-1-8-17(21)26/h1,4-8,11-12,14,18-19H,2-3,9-10,13H2,(H,29,31)(H2,27,30,32)/t18-,19+/m0/s1. The van der Waals surface area contributed by atoms with Crippen LogP contribution in [0.1, 0.15) is 41.2 Å². The number of nitrogens with one attached hydrogen (secondary N) is 3. The monoisotopic (exact) mass is 502 g/mol. The highest BCUT2D eigenvalue weighted by Crippen LogP contribution is 2.22. The average molecular weight is 503 g/mol. The van der Waals surface area contributed by atoms with E-state index in [4.69, 9.17) is 16.3 Å². The van der Waals surface area contributed by atoms with Crippen LogP contribution in [0.15, 0.2) is 53.9 Å². The number of anilines is 1. The minimum absolute atomic E-state index is 0.0656. The smallest absolute Gasteiger partial charge is 0.319 e. The number of ether oxygens (including phenoxy) is 1. The number of nitrogens with zero attached hydrogens (tertiary/aromatic N) is 1. The topological polar surface area (TPSA) is 92.4 Å². The summed E-state index contributed by atoms with van der Waals surface area (Å²) >= 11 is 7.24. The van der Waals surface area contributed by atoms with Gasteiger partial charge in [0.25, 0.3) is 5.91 Å². The molecule has 3 aromatic rings. The van der Waals surface area contributed by atoms with Gasteiger partial charge in [0, 0.05) is 22.1 Å². The Morgan fingerprint density at radius 2 is 1.85 bits per heavy atom. The zero-order valence-electron chi connectivity index (χ0n) is 18.2. The second kappa shape index (κ2) is 11.3. The molecule has 7 nitrogen and oxygen atoms in total. The number of amides is 3. The molecule has 3 amide bonds. The first-order valence-electron chi connectivity index (χ1n) is 10.9. The predicted molar refractivity (Wildman–Crippen MR) is 130 cm³/mol. The lowest BCUT2D eigenvalue weighted by Gasteiger charge is -2.32. The summed E-state index contributed by atoms with van der Waals surface area (Å²) in [5.41, 5.74) is 0.860. The predicted octanol–water partition coefficient (Wildman–Crippen LogP) is 5.38. The first kappa shape index (κ1) is 24.0. The molecule has 0 unspecified atom stereocenters. The van der Waals surface area contributed by atoms with E-state index >= 15 is 0 Å². The highest BCUT2D eigenvalue weighted by molar-refractivity contribution is 7.09. The summed E-state index contributed by atoms with van der Waals surface area (Å²) < 4.78 is 19.2. The lowest BCUT2D eigenvalue weighted by Crippen LogP contribution is -2.54. The van der Waals surface area contributed by atoms with Crippen LogP contribution in [-0.4, -0.2) is 29.0 Å². The fourth-order valence-corrected chi connectivity index (χ4v) is 4.68. The van der Waals surface area contributed by atoms with Gasteiger partial charge in [-0.15, -0.1) is 11.3 Å². The number of carbonyl (C=O) groups is 2. The third-order valence-electron chi connectivity index (χ3n) is 5.45. The quantitative estimate of drug-likeness (QED) is 0.404. The van der Waals surface area contributed by atoms with Crippen LogP contribution >= 0.6 is 22.9 Å². The van der Waals surface area contributed by atoms with E-state index in [9.17, 15) is 14.0 Å².